The van der Waals surface area contributed by atoms with Gasteiger partial charge in [0.15, 0.2) is 0 Å². The molecule has 0 aromatic heterocycles. The van der Waals surface area contributed by atoms with Gasteiger partial charge in [0.25, 0.3) is 0 Å². The van der Waals surface area contributed by atoms with E-state index >= 15 is 0 Å². The largest absolute Gasteiger partial charge is 0.463 e. The Morgan fingerprint density at radius 1 is 1.36 bits per heavy atom. The summed E-state index contributed by atoms with van der Waals surface area (Å²) in [6.45, 7) is 0.135. The van der Waals surface area contributed by atoms with E-state index in [2.05, 4.69) is 0 Å². The number of cyclic esters (lactones) is 1. The topological polar surface area (TPSA) is 46.5 Å². The summed E-state index contributed by atoms with van der Waals surface area (Å²) < 4.78 is 4.76. The van der Waals surface area contributed by atoms with Crippen LogP contribution < -0.4 is 0 Å². The second-order valence-electron chi connectivity index (χ2n) is 3.49. The third-order valence-corrected chi connectivity index (χ3v) is 2.46. The fourth-order valence-corrected chi connectivity index (χ4v) is 1.64. The molecule has 0 aliphatic carbocycles. The van der Waals surface area contributed by atoms with Gasteiger partial charge in [-0.1, -0.05) is 30.3 Å². The summed E-state index contributed by atoms with van der Waals surface area (Å²) in [6, 6.07) is 9.65. The highest BCUT2D eigenvalue weighted by molar-refractivity contribution is 5.75. The molecule has 1 N–H and O–H groups in total. The van der Waals surface area contributed by atoms with Crippen molar-refractivity contribution in [2.45, 2.75) is 12.5 Å². The van der Waals surface area contributed by atoms with Gasteiger partial charge < -0.3 is 9.84 Å². The maximum absolute atomic E-state index is 11.2. The summed E-state index contributed by atoms with van der Waals surface area (Å²) in [5.74, 6) is -0.682. The van der Waals surface area contributed by atoms with Crippen molar-refractivity contribution in [1.29, 1.82) is 0 Å². The molecule has 14 heavy (non-hydrogen) atoms. The molecule has 0 saturated carbocycles. The number of carbonyl (C=O) groups is 1. The fraction of sp³-hybridized carbons (Fsp3) is 0.364. The number of ether oxygens (including phenoxy) is 1. The minimum absolute atomic E-state index is 0.135. The molecule has 1 aromatic rings. The monoisotopic (exact) mass is 192 g/mol. The zero-order valence-corrected chi connectivity index (χ0v) is 7.72. The van der Waals surface area contributed by atoms with Crippen molar-refractivity contribution >= 4 is 5.97 Å². The molecular weight excluding hydrogens is 180 g/mol. The van der Waals surface area contributed by atoms with Gasteiger partial charge in [0.1, 0.15) is 12.7 Å². The van der Waals surface area contributed by atoms with Crippen molar-refractivity contribution in [2.75, 3.05) is 6.61 Å². The van der Waals surface area contributed by atoms with Crippen LogP contribution in [0.3, 0.4) is 0 Å². The Balaban J connectivity index is 2.07. The van der Waals surface area contributed by atoms with Crippen molar-refractivity contribution in [3.8, 4) is 0 Å². The maximum atomic E-state index is 11.2. The number of rotatable bonds is 2. The van der Waals surface area contributed by atoms with E-state index in [-0.39, 0.29) is 12.6 Å². The average Bonchev–Trinajstić information content (AvgIpc) is 2.51. The van der Waals surface area contributed by atoms with Gasteiger partial charge in [-0.3, -0.25) is 4.79 Å². The van der Waals surface area contributed by atoms with Crippen LogP contribution in [0.5, 0.6) is 0 Å². The van der Waals surface area contributed by atoms with Gasteiger partial charge in [0, 0.05) is 0 Å². The van der Waals surface area contributed by atoms with Gasteiger partial charge in [0.2, 0.25) is 0 Å². The van der Waals surface area contributed by atoms with Crippen LogP contribution >= 0.6 is 0 Å². The quantitative estimate of drug-likeness (QED) is 0.704. The Bertz CT molecular complexity index is 321. The SMILES string of the molecule is O=C1OC[C@@H](O)[C@@H]1Cc1ccccc1. The lowest BCUT2D eigenvalue weighted by atomic mass is 9.96. The van der Waals surface area contributed by atoms with E-state index < -0.39 is 12.0 Å². The van der Waals surface area contributed by atoms with Gasteiger partial charge in [0.05, 0.1) is 5.92 Å². The van der Waals surface area contributed by atoms with Crippen molar-refractivity contribution in [2.24, 2.45) is 5.92 Å². The van der Waals surface area contributed by atoms with Crippen molar-refractivity contribution in [3.63, 3.8) is 0 Å². The number of aliphatic hydroxyl groups excluding tert-OH is 1. The van der Waals surface area contributed by atoms with Crippen LogP contribution in [-0.2, 0) is 16.0 Å². The molecule has 3 nitrogen and oxygen atoms in total. The Morgan fingerprint density at radius 3 is 2.64 bits per heavy atom. The van der Waals surface area contributed by atoms with E-state index in [4.69, 9.17) is 4.74 Å². The van der Waals surface area contributed by atoms with E-state index in [1.54, 1.807) is 0 Å². The van der Waals surface area contributed by atoms with Crippen LogP contribution in [0.25, 0.3) is 0 Å². The first kappa shape index (κ1) is 9.21. The van der Waals surface area contributed by atoms with Gasteiger partial charge in [-0.15, -0.1) is 0 Å². The third kappa shape index (κ3) is 1.77. The fourth-order valence-electron chi connectivity index (χ4n) is 1.64. The van der Waals surface area contributed by atoms with E-state index in [0.717, 1.165) is 5.56 Å². The molecule has 1 aromatic carbocycles. The van der Waals surface area contributed by atoms with Crippen LogP contribution in [-0.4, -0.2) is 23.8 Å². The van der Waals surface area contributed by atoms with E-state index in [9.17, 15) is 9.90 Å². The Labute approximate surface area is 82.3 Å². The summed E-state index contributed by atoms with van der Waals surface area (Å²) in [4.78, 5) is 11.2. The molecule has 1 fully saturated rings. The number of carbonyl (C=O) groups excluding carboxylic acids is 1. The standard InChI is InChI=1S/C11H12O3/c12-10-7-14-11(13)9(10)6-8-4-2-1-3-5-8/h1-5,9-10,12H,6-7H2/t9-,10+/m0/s1. The van der Waals surface area contributed by atoms with Crippen LogP contribution in [0, 0.1) is 5.92 Å². The minimum atomic E-state index is -0.650. The predicted molar refractivity (Wildman–Crippen MR) is 50.6 cm³/mol. The molecular formula is C11H12O3. The van der Waals surface area contributed by atoms with E-state index in [1.165, 1.54) is 0 Å². The maximum Gasteiger partial charge on any atom is 0.312 e. The zero-order chi connectivity index (χ0) is 9.97. The third-order valence-electron chi connectivity index (χ3n) is 2.46. The smallest absolute Gasteiger partial charge is 0.312 e. The average molecular weight is 192 g/mol. The van der Waals surface area contributed by atoms with Crippen molar-refractivity contribution in [1.82, 2.24) is 0 Å². The number of aliphatic hydroxyl groups is 1. The van der Waals surface area contributed by atoms with Crippen molar-refractivity contribution < 1.29 is 14.6 Å². The lowest BCUT2D eigenvalue weighted by molar-refractivity contribution is -0.141. The van der Waals surface area contributed by atoms with E-state index in [0.29, 0.717) is 6.42 Å². The van der Waals surface area contributed by atoms with Crippen LogP contribution in [0.1, 0.15) is 5.56 Å². The van der Waals surface area contributed by atoms with Gasteiger partial charge in [-0.05, 0) is 12.0 Å². The molecule has 0 amide bonds. The lowest BCUT2D eigenvalue weighted by Crippen LogP contribution is -2.22. The second-order valence-corrected chi connectivity index (χ2v) is 3.49. The molecule has 3 heteroatoms. The van der Waals surface area contributed by atoms with E-state index in [1.807, 2.05) is 30.3 Å². The summed E-state index contributed by atoms with van der Waals surface area (Å²) in [7, 11) is 0. The first-order valence-corrected chi connectivity index (χ1v) is 4.66. The van der Waals surface area contributed by atoms with Gasteiger partial charge in [-0.2, -0.15) is 0 Å². The normalized spacial score (nSPS) is 26.2. The molecule has 1 saturated heterocycles. The highest BCUT2D eigenvalue weighted by Crippen LogP contribution is 2.20. The molecule has 1 heterocycles. The highest BCUT2D eigenvalue weighted by Gasteiger charge is 2.35. The van der Waals surface area contributed by atoms with Crippen LogP contribution in [0.4, 0.5) is 0 Å². The van der Waals surface area contributed by atoms with Gasteiger partial charge >= 0.3 is 5.97 Å². The highest BCUT2D eigenvalue weighted by atomic mass is 16.6. The molecule has 0 spiro atoms. The molecule has 2 rings (SSSR count). The molecule has 74 valence electrons. The molecule has 1 aliphatic rings. The number of benzene rings is 1. The summed E-state index contributed by atoms with van der Waals surface area (Å²) >= 11 is 0. The first-order valence-electron chi connectivity index (χ1n) is 4.66. The predicted octanol–water partition coefficient (Wildman–Crippen LogP) is 0.763. The zero-order valence-electron chi connectivity index (χ0n) is 7.72. The Morgan fingerprint density at radius 2 is 2.07 bits per heavy atom. The molecule has 0 bridgehead atoms. The van der Waals surface area contributed by atoms with Crippen LogP contribution in [0.15, 0.2) is 30.3 Å². The van der Waals surface area contributed by atoms with Crippen LogP contribution in [0.2, 0.25) is 0 Å². The first-order chi connectivity index (χ1) is 6.77. The lowest BCUT2D eigenvalue weighted by Gasteiger charge is -2.08. The molecule has 1 aliphatic heterocycles. The number of hydrogen-bond donors (Lipinski definition) is 1. The van der Waals surface area contributed by atoms with Crippen molar-refractivity contribution in [3.05, 3.63) is 35.9 Å². The molecule has 0 unspecified atom stereocenters. The number of hydrogen-bond acceptors (Lipinski definition) is 3. The van der Waals surface area contributed by atoms with Gasteiger partial charge in [-0.25, -0.2) is 0 Å². The molecule has 2 atom stereocenters. The number of esters is 1. The summed E-state index contributed by atoms with van der Waals surface area (Å²) in [5.41, 5.74) is 1.05. The minimum Gasteiger partial charge on any atom is -0.463 e. The Hall–Kier alpha value is -1.35. The molecule has 0 radical (unpaired) electrons. The summed E-state index contributed by atoms with van der Waals surface area (Å²) in [6.07, 6.45) is -0.0939. The summed E-state index contributed by atoms with van der Waals surface area (Å²) in [5, 5.41) is 9.47. The Kier molecular flexibility index (Phi) is 2.50. The second kappa shape index (κ2) is 3.80.